The molecule has 1 aliphatic rings. The molecular formula is C7H14N2O5. The number of rotatable bonds is 2. The van der Waals surface area contributed by atoms with Crippen LogP contribution in [-0.4, -0.2) is 46.1 Å². The van der Waals surface area contributed by atoms with Gasteiger partial charge in [-0.15, -0.1) is 0 Å². The first-order valence-electron chi connectivity index (χ1n) is 4.04. The maximum Gasteiger partial charge on any atom is 0.326 e. The van der Waals surface area contributed by atoms with Gasteiger partial charge in [-0.2, -0.15) is 0 Å². The zero-order valence-electron chi connectivity index (χ0n) is 7.51. The van der Waals surface area contributed by atoms with E-state index in [0.29, 0.717) is 12.8 Å². The molecule has 0 aliphatic carbocycles. The van der Waals surface area contributed by atoms with E-state index in [1.807, 2.05) is 0 Å². The summed E-state index contributed by atoms with van der Waals surface area (Å²) in [7, 11) is 0. The predicted octanol–water partition coefficient (Wildman–Crippen LogP) is -2.39. The quantitative estimate of drug-likeness (QED) is 0.320. The number of aliphatic carboxylic acids is 1. The van der Waals surface area contributed by atoms with Gasteiger partial charge < -0.3 is 26.4 Å². The zero-order valence-corrected chi connectivity index (χ0v) is 7.51. The Kier molecular flexibility index (Phi) is 5.77. The standard InChI is InChI=1S/C5H7NO3.C2H7NO2/c7-4-2-1-3(6-4)5(8)9;3-2(5)1-4/h3H,1-2H2,(H,6,7)(H,8,9);2,4-5H,1,3H2/t3-;/m0./s1. The molecule has 0 aromatic rings. The topological polar surface area (TPSA) is 133 Å². The molecule has 1 rings (SSSR count). The van der Waals surface area contributed by atoms with E-state index in [4.69, 9.17) is 15.3 Å². The number of carbonyl (C=O) groups excluding carboxylic acids is 1. The van der Waals surface area contributed by atoms with Crippen LogP contribution in [0.5, 0.6) is 0 Å². The third-order valence-corrected chi connectivity index (χ3v) is 1.48. The van der Waals surface area contributed by atoms with Crippen molar-refractivity contribution < 1.29 is 24.9 Å². The van der Waals surface area contributed by atoms with E-state index >= 15 is 0 Å². The molecule has 82 valence electrons. The van der Waals surface area contributed by atoms with Gasteiger partial charge in [-0.25, -0.2) is 4.79 Å². The van der Waals surface area contributed by atoms with Crippen LogP contribution in [0.25, 0.3) is 0 Å². The molecule has 1 aliphatic heterocycles. The minimum Gasteiger partial charge on any atom is -0.480 e. The molecule has 2 atom stereocenters. The van der Waals surface area contributed by atoms with Crippen molar-refractivity contribution in [3.05, 3.63) is 0 Å². The van der Waals surface area contributed by atoms with Gasteiger partial charge in [0.2, 0.25) is 5.91 Å². The molecule has 7 nitrogen and oxygen atoms in total. The highest BCUT2D eigenvalue weighted by Gasteiger charge is 2.26. The van der Waals surface area contributed by atoms with Crippen molar-refractivity contribution >= 4 is 11.9 Å². The summed E-state index contributed by atoms with van der Waals surface area (Å²) in [5, 5.41) is 26.3. The van der Waals surface area contributed by atoms with Gasteiger partial charge in [0.1, 0.15) is 12.3 Å². The smallest absolute Gasteiger partial charge is 0.326 e. The first-order valence-corrected chi connectivity index (χ1v) is 4.04. The first-order chi connectivity index (χ1) is 6.47. The summed E-state index contributed by atoms with van der Waals surface area (Å²) >= 11 is 0. The maximum atomic E-state index is 10.4. The fraction of sp³-hybridized carbons (Fsp3) is 0.714. The van der Waals surface area contributed by atoms with Crippen LogP contribution in [0, 0.1) is 0 Å². The SMILES string of the molecule is NC(O)CO.O=C1CC[C@@H](C(=O)O)N1. The molecule has 6 N–H and O–H groups in total. The molecular weight excluding hydrogens is 192 g/mol. The highest BCUT2D eigenvalue weighted by molar-refractivity contribution is 5.87. The van der Waals surface area contributed by atoms with Gasteiger partial charge in [0.05, 0.1) is 6.61 Å². The Balaban J connectivity index is 0.000000292. The summed E-state index contributed by atoms with van der Waals surface area (Å²) in [6.07, 6.45) is -0.291. The van der Waals surface area contributed by atoms with Gasteiger partial charge in [0.25, 0.3) is 0 Å². The molecule has 1 saturated heterocycles. The van der Waals surface area contributed by atoms with Gasteiger partial charge in [-0.05, 0) is 6.42 Å². The number of nitrogens with two attached hydrogens (primary N) is 1. The minimum atomic E-state index is -1.06. The predicted molar refractivity (Wildman–Crippen MR) is 46.1 cm³/mol. The number of hydrogen-bond donors (Lipinski definition) is 5. The maximum absolute atomic E-state index is 10.4. The Morgan fingerprint density at radius 3 is 2.36 bits per heavy atom. The van der Waals surface area contributed by atoms with Crippen LogP contribution in [0.15, 0.2) is 0 Å². The van der Waals surface area contributed by atoms with Crippen LogP contribution < -0.4 is 11.1 Å². The zero-order chi connectivity index (χ0) is 11.1. The van der Waals surface area contributed by atoms with E-state index in [1.165, 1.54) is 0 Å². The van der Waals surface area contributed by atoms with Crippen molar-refractivity contribution in [2.75, 3.05) is 6.61 Å². The van der Waals surface area contributed by atoms with Gasteiger partial charge in [-0.3, -0.25) is 4.79 Å². The number of carboxylic acid groups (broad SMARTS) is 1. The Hall–Kier alpha value is -1.18. The monoisotopic (exact) mass is 206 g/mol. The Labute approximate surface area is 80.5 Å². The molecule has 0 saturated carbocycles. The van der Waals surface area contributed by atoms with Crippen LogP contribution in [0.4, 0.5) is 0 Å². The Bertz CT molecular complexity index is 206. The molecule has 14 heavy (non-hydrogen) atoms. The fourth-order valence-corrected chi connectivity index (χ4v) is 0.799. The second-order valence-electron chi connectivity index (χ2n) is 2.75. The lowest BCUT2D eigenvalue weighted by Crippen LogP contribution is -2.32. The van der Waals surface area contributed by atoms with Gasteiger partial charge in [0, 0.05) is 6.42 Å². The second kappa shape index (κ2) is 6.30. The summed E-state index contributed by atoms with van der Waals surface area (Å²) in [6, 6.07) is -0.641. The number of amides is 1. The minimum absolute atomic E-state index is 0.164. The van der Waals surface area contributed by atoms with E-state index in [2.05, 4.69) is 11.1 Å². The Morgan fingerprint density at radius 1 is 1.71 bits per heavy atom. The molecule has 0 aromatic carbocycles. The third kappa shape index (κ3) is 5.46. The molecule has 1 heterocycles. The van der Waals surface area contributed by atoms with Crippen LogP contribution >= 0.6 is 0 Å². The van der Waals surface area contributed by atoms with E-state index in [9.17, 15) is 9.59 Å². The lowest BCUT2D eigenvalue weighted by molar-refractivity contribution is -0.140. The molecule has 7 heteroatoms. The molecule has 1 unspecified atom stereocenters. The summed E-state index contributed by atoms with van der Waals surface area (Å²) < 4.78 is 0. The highest BCUT2D eigenvalue weighted by atomic mass is 16.4. The van der Waals surface area contributed by atoms with Crippen molar-refractivity contribution in [2.24, 2.45) is 5.73 Å². The molecule has 0 spiro atoms. The van der Waals surface area contributed by atoms with Crippen LogP contribution in [0.1, 0.15) is 12.8 Å². The van der Waals surface area contributed by atoms with Crippen molar-refractivity contribution in [3.8, 4) is 0 Å². The van der Waals surface area contributed by atoms with Gasteiger partial charge >= 0.3 is 5.97 Å². The van der Waals surface area contributed by atoms with Crippen LogP contribution in [0.3, 0.4) is 0 Å². The number of hydrogen-bond acceptors (Lipinski definition) is 5. The summed E-state index contributed by atoms with van der Waals surface area (Å²) in [6.45, 7) is -0.361. The number of carboxylic acids is 1. The molecule has 1 fully saturated rings. The number of aliphatic hydroxyl groups is 2. The van der Waals surface area contributed by atoms with E-state index in [0.717, 1.165) is 0 Å². The lowest BCUT2D eigenvalue weighted by atomic mass is 10.2. The number of aliphatic hydroxyl groups excluding tert-OH is 2. The summed E-state index contributed by atoms with van der Waals surface area (Å²) in [5.74, 6) is -1.11. The van der Waals surface area contributed by atoms with Crippen LogP contribution in [-0.2, 0) is 9.59 Å². The van der Waals surface area contributed by atoms with E-state index in [1.54, 1.807) is 0 Å². The normalized spacial score (nSPS) is 21.9. The average Bonchev–Trinajstić information content (AvgIpc) is 2.53. The largest absolute Gasteiger partial charge is 0.480 e. The fourth-order valence-electron chi connectivity index (χ4n) is 0.799. The van der Waals surface area contributed by atoms with Crippen molar-refractivity contribution in [2.45, 2.75) is 25.1 Å². The second-order valence-corrected chi connectivity index (χ2v) is 2.75. The third-order valence-electron chi connectivity index (χ3n) is 1.48. The number of carbonyl (C=O) groups is 2. The number of nitrogens with one attached hydrogen (secondary N) is 1. The van der Waals surface area contributed by atoms with Crippen molar-refractivity contribution in [3.63, 3.8) is 0 Å². The van der Waals surface area contributed by atoms with Gasteiger partial charge in [-0.1, -0.05) is 0 Å². The van der Waals surface area contributed by atoms with Gasteiger partial charge in [0.15, 0.2) is 0 Å². The lowest BCUT2D eigenvalue weighted by Gasteiger charge is -1.99. The average molecular weight is 206 g/mol. The van der Waals surface area contributed by atoms with Crippen molar-refractivity contribution in [1.82, 2.24) is 5.32 Å². The van der Waals surface area contributed by atoms with E-state index < -0.39 is 18.2 Å². The summed E-state index contributed by atoms with van der Waals surface area (Å²) in [5.41, 5.74) is 4.60. The van der Waals surface area contributed by atoms with E-state index in [-0.39, 0.29) is 12.5 Å². The Morgan fingerprint density at radius 2 is 2.21 bits per heavy atom. The summed E-state index contributed by atoms with van der Waals surface area (Å²) in [4.78, 5) is 20.5. The van der Waals surface area contributed by atoms with Crippen molar-refractivity contribution in [1.29, 1.82) is 0 Å². The first kappa shape index (κ1) is 12.8. The molecule has 0 aromatic heterocycles. The molecule has 1 amide bonds. The van der Waals surface area contributed by atoms with Crippen LogP contribution in [0.2, 0.25) is 0 Å². The molecule has 0 radical (unpaired) electrons. The molecule has 0 bridgehead atoms. The highest BCUT2D eigenvalue weighted by Crippen LogP contribution is 2.05.